The number of hydrogen-bond donors (Lipinski definition) is 1. The Balaban J connectivity index is 1.69. The molecule has 0 saturated carbocycles. The van der Waals surface area contributed by atoms with Gasteiger partial charge in [0.15, 0.2) is 0 Å². The topological polar surface area (TPSA) is 77.2 Å². The Morgan fingerprint density at radius 3 is 2.87 bits per heavy atom. The summed E-state index contributed by atoms with van der Waals surface area (Å²) < 4.78 is 7.54. The Hall–Kier alpha value is -2.25. The van der Waals surface area contributed by atoms with E-state index in [1.807, 2.05) is 12.1 Å². The molecule has 1 N–H and O–H groups in total. The third-order valence-electron chi connectivity index (χ3n) is 3.25. The van der Waals surface area contributed by atoms with Gasteiger partial charge in [0.1, 0.15) is 24.0 Å². The summed E-state index contributed by atoms with van der Waals surface area (Å²) in [6, 6.07) is 14.3. The molecule has 1 aromatic heterocycles. The van der Waals surface area contributed by atoms with Crippen molar-refractivity contribution in [3.8, 4) is 5.75 Å². The fourth-order valence-corrected chi connectivity index (χ4v) is 2.52. The molecule has 0 bridgehead atoms. The van der Waals surface area contributed by atoms with Gasteiger partial charge in [-0.1, -0.05) is 39.3 Å². The number of benzene rings is 2. The summed E-state index contributed by atoms with van der Waals surface area (Å²) >= 11 is 3.35. The summed E-state index contributed by atoms with van der Waals surface area (Å²) in [5.74, 6) is 0.635. The summed E-state index contributed by atoms with van der Waals surface area (Å²) in [6.45, 7) is 0.0715. The first-order valence-corrected chi connectivity index (χ1v) is 7.82. The van der Waals surface area contributed by atoms with Gasteiger partial charge in [0.05, 0.1) is 11.9 Å². The quantitative estimate of drug-likeness (QED) is 0.737. The molecule has 0 radical (unpaired) electrons. The molecule has 0 fully saturated rings. The molecule has 0 spiro atoms. The van der Waals surface area contributed by atoms with Crippen LogP contribution in [0.15, 0.2) is 57.8 Å². The van der Waals surface area contributed by atoms with Gasteiger partial charge in [0.2, 0.25) is 0 Å². The van der Waals surface area contributed by atoms with Crippen LogP contribution in [0.25, 0.3) is 10.9 Å². The van der Waals surface area contributed by atoms with Crippen molar-refractivity contribution in [3.05, 3.63) is 63.4 Å². The van der Waals surface area contributed by atoms with Gasteiger partial charge in [0, 0.05) is 4.47 Å². The Bertz CT molecular complexity index is 882. The van der Waals surface area contributed by atoms with Crippen LogP contribution in [0.2, 0.25) is 0 Å². The van der Waals surface area contributed by atoms with Crippen LogP contribution in [-0.4, -0.2) is 32.8 Å². The fourth-order valence-electron chi connectivity index (χ4n) is 2.14. The van der Waals surface area contributed by atoms with Crippen molar-refractivity contribution < 1.29 is 9.84 Å². The second-order valence-electron chi connectivity index (χ2n) is 5.02. The van der Waals surface area contributed by atoms with Gasteiger partial charge in [-0.05, 0) is 30.3 Å². The van der Waals surface area contributed by atoms with Crippen molar-refractivity contribution in [2.45, 2.75) is 12.6 Å². The van der Waals surface area contributed by atoms with Crippen molar-refractivity contribution in [3.63, 3.8) is 0 Å². The van der Waals surface area contributed by atoms with Gasteiger partial charge >= 0.3 is 0 Å². The molecule has 23 heavy (non-hydrogen) atoms. The maximum atomic E-state index is 12.3. The lowest BCUT2D eigenvalue weighted by Crippen LogP contribution is -2.32. The van der Waals surface area contributed by atoms with E-state index in [9.17, 15) is 9.90 Å². The largest absolute Gasteiger partial charge is 0.491 e. The Morgan fingerprint density at radius 2 is 2.04 bits per heavy atom. The molecule has 3 aromatic rings. The van der Waals surface area contributed by atoms with Crippen LogP contribution in [-0.2, 0) is 6.54 Å². The molecule has 1 heterocycles. The SMILES string of the molecule is O=c1c2ccccc2nnn1CC(O)COc1cccc(Br)c1. The number of rotatable bonds is 5. The number of ether oxygens (including phenoxy) is 1. The summed E-state index contributed by atoms with van der Waals surface area (Å²) in [7, 11) is 0. The molecule has 1 unspecified atom stereocenters. The molecule has 0 saturated heterocycles. The van der Waals surface area contributed by atoms with Gasteiger partial charge in [-0.3, -0.25) is 4.79 Å². The molecule has 2 aromatic carbocycles. The number of aliphatic hydroxyl groups is 1. The van der Waals surface area contributed by atoms with E-state index in [4.69, 9.17) is 4.74 Å². The minimum absolute atomic E-state index is 0.0185. The monoisotopic (exact) mass is 375 g/mol. The van der Waals surface area contributed by atoms with E-state index >= 15 is 0 Å². The normalized spacial score (nSPS) is 12.3. The van der Waals surface area contributed by atoms with Gasteiger partial charge < -0.3 is 9.84 Å². The second kappa shape index (κ2) is 6.89. The van der Waals surface area contributed by atoms with Crippen LogP contribution < -0.4 is 10.3 Å². The number of hydrogen-bond acceptors (Lipinski definition) is 5. The van der Waals surface area contributed by atoms with Crippen molar-refractivity contribution in [2.24, 2.45) is 0 Å². The third-order valence-corrected chi connectivity index (χ3v) is 3.74. The zero-order valence-electron chi connectivity index (χ0n) is 12.1. The number of aromatic nitrogens is 3. The molecule has 0 aliphatic heterocycles. The smallest absolute Gasteiger partial charge is 0.277 e. The summed E-state index contributed by atoms with van der Waals surface area (Å²) in [5, 5.41) is 18.4. The lowest BCUT2D eigenvalue weighted by atomic mass is 10.2. The highest BCUT2D eigenvalue weighted by atomic mass is 79.9. The van der Waals surface area contributed by atoms with Crippen molar-refractivity contribution in [1.29, 1.82) is 0 Å². The number of halogens is 1. The van der Waals surface area contributed by atoms with Crippen LogP contribution in [0.1, 0.15) is 0 Å². The highest BCUT2D eigenvalue weighted by molar-refractivity contribution is 9.10. The zero-order valence-corrected chi connectivity index (χ0v) is 13.7. The van der Waals surface area contributed by atoms with E-state index < -0.39 is 6.10 Å². The van der Waals surface area contributed by atoms with E-state index in [1.165, 1.54) is 0 Å². The van der Waals surface area contributed by atoms with Crippen LogP contribution in [0.4, 0.5) is 0 Å². The molecular weight excluding hydrogens is 362 g/mol. The fraction of sp³-hybridized carbons (Fsp3) is 0.188. The predicted molar refractivity (Wildman–Crippen MR) is 89.4 cm³/mol. The van der Waals surface area contributed by atoms with E-state index in [1.54, 1.807) is 36.4 Å². The maximum absolute atomic E-state index is 12.3. The predicted octanol–water partition coefficient (Wildman–Crippen LogP) is 1.99. The highest BCUT2D eigenvalue weighted by Crippen LogP contribution is 2.17. The highest BCUT2D eigenvalue weighted by Gasteiger charge is 2.11. The lowest BCUT2D eigenvalue weighted by molar-refractivity contribution is 0.0873. The van der Waals surface area contributed by atoms with Crippen molar-refractivity contribution in [2.75, 3.05) is 6.61 Å². The van der Waals surface area contributed by atoms with Gasteiger partial charge in [-0.15, -0.1) is 5.10 Å². The Labute approximate surface area is 140 Å². The first-order chi connectivity index (χ1) is 11.1. The van der Waals surface area contributed by atoms with Crippen LogP contribution in [0, 0.1) is 0 Å². The van der Waals surface area contributed by atoms with Crippen molar-refractivity contribution in [1.82, 2.24) is 15.0 Å². The van der Waals surface area contributed by atoms with E-state index in [-0.39, 0.29) is 18.7 Å². The average molecular weight is 376 g/mol. The van der Waals surface area contributed by atoms with Crippen molar-refractivity contribution >= 4 is 26.8 Å². The van der Waals surface area contributed by atoms with Gasteiger partial charge in [-0.2, -0.15) is 0 Å². The molecule has 6 nitrogen and oxygen atoms in total. The van der Waals surface area contributed by atoms with Crippen LogP contribution in [0.3, 0.4) is 0 Å². The van der Waals surface area contributed by atoms with Gasteiger partial charge in [0.25, 0.3) is 5.56 Å². The first-order valence-electron chi connectivity index (χ1n) is 7.02. The van der Waals surface area contributed by atoms with E-state index in [2.05, 4.69) is 26.2 Å². The molecule has 0 aliphatic rings. The Kier molecular flexibility index (Phi) is 4.68. The minimum Gasteiger partial charge on any atom is -0.491 e. The zero-order chi connectivity index (χ0) is 16.2. The van der Waals surface area contributed by atoms with E-state index in [0.29, 0.717) is 16.7 Å². The molecule has 7 heteroatoms. The summed E-state index contributed by atoms with van der Waals surface area (Å²) in [5.41, 5.74) is 0.255. The standard InChI is InChI=1S/C16H14BrN3O3/c17-11-4-3-5-13(8-11)23-10-12(21)9-20-16(22)14-6-1-2-7-15(14)18-19-20/h1-8,12,21H,9-10H2. The number of aliphatic hydroxyl groups excluding tert-OH is 1. The first kappa shape index (κ1) is 15.6. The molecule has 0 amide bonds. The summed E-state index contributed by atoms with van der Waals surface area (Å²) in [6.07, 6.45) is -0.873. The average Bonchev–Trinajstić information content (AvgIpc) is 2.56. The molecule has 1 atom stereocenters. The third kappa shape index (κ3) is 3.75. The van der Waals surface area contributed by atoms with E-state index in [0.717, 1.165) is 9.15 Å². The number of nitrogens with zero attached hydrogens (tertiary/aromatic N) is 3. The Morgan fingerprint density at radius 1 is 1.22 bits per heavy atom. The van der Waals surface area contributed by atoms with Gasteiger partial charge in [-0.25, -0.2) is 4.68 Å². The van der Waals surface area contributed by atoms with Crippen LogP contribution in [0.5, 0.6) is 5.75 Å². The number of fused-ring (bicyclic) bond motifs is 1. The molecule has 0 aliphatic carbocycles. The lowest BCUT2D eigenvalue weighted by Gasteiger charge is -2.13. The maximum Gasteiger partial charge on any atom is 0.277 e. The minimum atomic E-state index is -0.873. The molecule has 118 valence electrons. The second-order valence-corrected chi connectivity index (χ2v) is 5.93. The summed E-state index contributed by atoms with van der Waals surface area (Å²) in [4.78, 5) is 12.3. The molecular formula is C16H14BrN3O3. The van der Waals surface area contributed by atoms with Crippen LogP contribution >= 0.6 is 15.9 Å². The molecule has 3 rings (SSSR count).